The predicted octanol–water partition coefficient (Wildman–Crippen LogP) is 1.23. The average Bonchev–Trinajstić information content (AvgIpc) is 2.59. The maximum Gasteiger partial charge on any atom is 0.151 e. The number of benzene rings is 1. The van der Waals surface area contributed by atoms with Crippen molar-refractivity contribution in [3.05, 3.63) is 36.7 Å². The van der Waals surface area contributed by atoms with E-state index in [1.807, 2.05) is 30.3 Å². The number of hydrogen-bond donors (Lipinski definition) is 0. The lowest BCUT2D eigenvalue weighted by Crippen LogP contribution is -1.86. The standard InChI is InChI=1S/C7H6N4S/c1-2-4-7(5-3-1)12-11-6-8-9-10-11/h1-6H. The molecular weight excluding hydrogens is 172 g/mol. The highest BCUT2D eigenvalue weighted by Gasteiger charge is 1.94. The maximum atomic E-state index is 3.73. The number of nitrogens with zero attached hydrogens (tertiary/aromatic N) is 4. The lowest BCUT2D eigenvalue weighted by atomic mass is 10.4. The Kier molecular flexibility index (Phi) is 2.04. The van der Waals surface area contributed by atoms with Gasteiger partial charge in [0.25, 0.3) is 0 Å². The molecule has 1 heterocycles. The second kappa shape index (κ2) is 3.36. The van der Waals surface area contributed by atoms with E-state index in [4.69, 9.17) is 0 Å². The van der Waals surface area contributed by atoms with E-state index in [2.05, 4.69) is 15.5 Å². The van der Waals surface area contributed by atoms with E-state index in [0.29, 0.717) is 0 Å². The zero-order valence-electron chi connectivity index (χ0n) is 6.16. The van der Waals surface area contributed by atoms with Crippen molar-refractivity contribution in [2.24, 2.45) is 0 Å². The van der Waals surface area contributed by atoms with Crippen molar-refractivity contribution in [3.63, 3.8) is 0 Å². The molecule has 60 valence electrons. The van der Waals surface area contributed by atoms with Gasteiger partial charge in [-0.1, -0.05) is 18.2 Å². The zero-order valence-corrected chi connectivity index (χ0v) is 6.98. The first-order chi connectivity index (χ1) is 5.95. The van der Waals surface area contributed by atoms with Crippen molar-refractivity contribution < 1.29 is 0 Å². The van der Waals surface area contributed by atoms with Crippen LogP contribution in [0, 0.1) is 0 Å². The molecule has 0 atom stereocenters. The summed E-state index contributed by atoms with van der Waals surface area (Å²) in [4.78, 5) is 1.12. The highest BCUT2D eigenvalue weighted by atomic mass is 32.2. The summed E-state index contributed by atoms with van der Waals surface area (Å²) in [5.41, 5.74) is 0. The van der Waals surface area contributed by atoms with Gasteiger partial charge in [-0.05, 0) is 22.6 Å². The molecule has 0 unspecified atom stereocenters. The Bertz CT molecular complexity index is 332. The molecule has 0 spiro atoms. The molecule has 5 heteroatoms. The molecule has 0 aliphatic carbocycles. The second-order valence-corrected chi connectivity index (χ2v) is 3.14. The molecule has 2 aromatic rings. The maximum absolute atomic E-state index is 3.73. The van der Waals surface area contributed by atoms with Crippen LogP contribution >= 0.6 is 11.9 Å². The Balaban J connectivity index is 2.15. The molecule has 0 N–H and O–H groups in total. The van der Waals surface area contributed by atoms with E-state index in [0.717, 1.165) is 4.90 Å². The molecular formula is C7H6N4S. The minimum atomic E-state index is 1.12. The second-order valence-electron chi connectivity index (χ2n) is 2.12. The van der Waals surface area contributed by atoms with Gasteiger partial charge in [-0.15, -0.1) is 5.10 Å². The van der Waals surface area contributed by atoms with Gasteiger partial charge in [0.1, 0.15) is 0 Å². The van der Waals surface area contributed by atoms with E-state index in [1.165, 1.54) is 11.9 Å². The van der Waals surface area contributed by atoms with Crippen LogP contribution in [0.3, 0.4) is 0 Å². The zero-order chi connectivity index (χ0) is 8.23. The van der Waals surface area contributed by atoms with Crippen LogP contribution < -0.4 is 0 Å². The Labute approximate surface area is 73.7 Å². The Morgan fingerprint density at radius 2 is 2.00 bits per heavy atom. The highest BCUT2D eigenvalue weighted by Crippen LogP contribution is 2.16. The summed E-state index contributed by atoms with van der Waals surface area (Å²) in [5.74, 6) is 0. The third-order valence-electron chi connectivity index (χ3n) is 1.27. The lowest BCUT2D eigenvalue weighted by Gasteiger charge is -1.95. The Morgan fingerprint density at radius 1 is 1.17 bits per heavy atom. The average molecular weight is 178 g/mol. The molecule has 0 amide bonds. The van der Waals surface area contributed by atoms with Gasteiger partial charge in [0.15, 0.2) is 6.33 Å². The lowest BCUT2D eigenvalue weighted by molar-refractivity contribution is 0.852. The van der Waals surface area contributed by atoms with E-state index >= 15 is 0 Å². The van der Waals surface area contributed by atoms with Crippen LogP contribution in [0.1, 0.15) is 0 Å². The van der Waals surface area contributed by atoms with E-state index < -0.39 is 0 Å². The third-order valence-corrected chi connectivity index (χ3v) is 2.11. The van der Waals surface area contributed by atoms with Gasteiger partial charge in [0.05, 0.1) is 0 Å². The van der Waals surface area contributed by atoms with Crippen LogP contribution in [0.4, 0.5) is 0 Å². The summed E-state index contributed by atoms with van der Waals surface area (Å²) in [6.07, 6.45) is 1.57. The van der Waals surface area contributed by atoms with Crippen LogP contribution in [0.25, 0.3) is 0 Å². The van der Waals surface area contributed by atoms with Crippen molar-refractivity contribution in [2.45, 2.75) is 4.90 Å². The first kappa shape index (κ1) is 7.30. The first-order valence-electron chi connectivity index (χ1n) is 3.41. The fourth-order valence-corrected chi connectivity index (χ4v) is 1.44. The summed E-state index contributed by atoms with van der Waals surface area (Å²) in [6, 6.07) is 9.95. The van der Waals surface area contributed by atoms with Crippen LogP contribution in [-0.2, 0) is 0 Å². The first-order valence-corrected chi connectivity index (χ1v) is 4.19. The van der Waals surface area contributed by atoms with Crippen molar-refractivity contribution in [1.82, 2.24) is 19.6 Å². The van der Waals surface area contributed by atoms with Crippen molar-refractivity contribution in [2.75, 3.05) is 0 Å². The predicted molar refractivity (Wildman–Crippen MR) is 45.5 cm³/mol. The molecule has 2 rings (SSSR count). The molecule has 0 saturated heterocycles. The number of aromatic nitrogens is 4. The van der Waals surface area contributed by atoms with Crippen molar-refractivity contribution >= 4 is 11.9 Å². The topological polar surface area (TPSA) is 43.6 Å². The van der Waals surface area contributed by atoms with Crippen molar-refractivity contribution in [1.29, 1.82) is 0 Å². The van der Waals surface area contributed by atoms with Crippen LogP contribution in [0.5, 0.6) is 0 Å². The molecule has 0 radical (unpaired) electrons. The van der Waals surface area contributed by atoms with Gasteiger partial charge in [-0.2, -0.15) is 4.09 Å². The van der Waals surface area contributed by atoms with E-state index in [9.17, 15) is 0 Å². The van der Waals surface area contributed by atoms with E-state index in [-0.39, 0.29) is 0 Å². The Morgan fingerprint density at radius 3 is 2.67 bits per heavy atom. The van der Waals surface area contributed by atoms with Crippen LogP contribution in [-0.4, -0.2) is 19.6 Å². The summed E-state index contributed by atoms with van der Waals surface area (Å²) in [6.45, 7) is 0. The third kappa shape index (κ3) is 1.62. The van der Waals surface area contributed by atoms with Gasteiger partial charge in [-0.25, -0.2) is 0 Å². The van der Waals surface area contributed by atoms with Gasteiger partial charge >= 0.3 is 0 Å². The quantitative estimate of drug-likeness (QED) is 0.693. The summed E-state index contributed by atoms with van der Waals surface area (Å²) in [5, 5.41) is 10.8. The molecule has 4 nitrogen and oxygen atoms in total. The number of hydrogen-bond acceptors (Lipinski definition) is 4. The highest BCUT2D eigenvalue weighted by molar-refractivity contribution is 7.97. The van der Waals surface area contributed by atoms with Crippen LogP contribution in [0.15, 0.2) is 41.6 Å². The molecule has 1 aromatic carbocycles. The number of rotatable bonds is 2. The van der Waals surface area contributed by atoms with Crippen molar-refractivity contribution in [3.8, 4) is 0 Å². The normalized spacial score (nSPS) is 10.0. The van der Waals surface area contributed by atoms with Gasteiger partial charge in [0, 0.05) is 16.8 Å². The van der Waals surface area contributed by atoms with Gasteiger partial charge in [0.2, 0.25) is 0 Å². The Hall–Kier alpha value is -1.36. The van der Waals surface area contributed by atoms with Gasteiger partial charge in [-0.3, -0.25) is 0 Å². The number of tetrazole rings is 1. The largest absolute Gasteiger partial charge is 0.169 e. The summed E-state index contributed by atoms with van der Waals surface area (Å²) < 4.78 is 1.61. The minimum Gasteiger partial charge on any atom is -0.169 e. The summed E-state index contributed by atoms with van der Waals surface area (Å²) >= 11 is 1.47. The molecule has 1 aromatic heterocycles. The fraction of sp³-hybridized carbons (Fsp3) is 0. The molecule has 12 heavy (non-hydrogen) atoms. The van der Waals surface area contributed by atoms with Crippen LogP contribution in [0.2, 0.25) is 0 Å². The van der Waals surface area contributed by atoms with E-state index in [1.54, 1.807) is 10.4 Å². The molecule has 0 aliphatic rings. The fourth-order valence-electron chi connectivity index (χ4n) is 0.784. The molecule has 0 saturated carbocycles. The molecule has 0 bridgehead atoms. The SMILES string of the molecule is c1ccc(Sn2cnnn2)cc1. The minimum absolute atomic E-state index is 1.12. The monoisotopic (exact) mass is 178 g/mol. The smallest absolute Gasteiger partial charge is 0.151 e. The molecule has 0 fully saturated rings. The molecule has 0 aliphatic heterocycles. The summed E-state index contributed by atoms with van der Waals surface area (Å²) in [7, 11) is 0. The van der Waals surface area contributed by atoms with Gasteiger partial charge < -0.3 is 0 Å².